The van der Waals surface area contributed by atoms with Crippen molar-refractivity contribution in [1.29, 1.82) is 5.26 Å². The van der Waals surface area contributed by atoms with Crippen molar-refractivity contribution < 1.29 is 9.21 Å². The van der Waals surface area contributed by atoms with E-state index >= 15 is 0 Å². The quantitative estimate of drug-likeness (QED) is 0.785. The monoisotopic (exact) mass is 380 g/mol. The van der Waals surface area contributed by atoms with Crippen LogP contribution in [-0.2, 0) is 0 Å². The van der Waals surface area contributed by atoms with Crippen LogP contribution < -0.4 is 5.32 Å². The Labute approximate surface area is 166 Å². The third-order valence-corrected chi connectivity index (χ3v) is 5.49. The van der Waals surface area contributed by atoms with Crippen LogP contribution in [0.4, 0.5) is 4.79 Å². The SMILES string of the molecule is CCN(C(=O)NCC(c1ccco1)N1CCCC1)C(C)c1ccc(C#N)cc1. The summed E-state index contributed by atoms with van der Waals surface area (Å²) in [5, 5.41) is 12.1. The summed E-state index contributed by atoms with van der Waals surface area (Å²) in [6.45, 7) is 7.16. The molecule has 2 amide bonds. The van der Waals surface area contributed by atoms with E-state index in [1.807, 2.05) is 43.0 Å². The van der Waals surface area contributed by atoms with Crippen LogP contribution >= 0.6 is 0 Å². The summed E-state index contributed by atoms with van der Waals surface area (Å²) >= 11 is 0. The van der Waals surface area contributed by atoms with Crippen molar-refractivity contribution in [3.8, 4) is 6.07 Å². The standard InChI is InChI=1S/C22H28N4O2/c1-3-26(17(2)19-10-8-18(15-23)9-11-19)22(27)24-16-20(21-7-6-14-28-21)25-12-4-5-13-25/h6-11,14,17,20H,3-5,12-13,16H2,1-2H3,(H,24,27). The molecule has 1 N–H and O–H groups in total. The highest BCUT2D eigenvalue weighted by atomic mass is 16.3. The minimum atomic E-state index is -0.0879. The largest absolute Gasteiger partial charge is 0.468 e. The van der Waals surface area contributed by atoms with Gasteiger partial charge in [-0.1, -0.05) is 12.1 Å². The highest BCUT2D eigenvalue weighted by Gasteiger charge is 2.27. The summed E-state index contributed by atoms with van der Waals surface area (Å²) in [5.74, 6) is 0.894. The summed E-state index contributed by atoms with van der Waals surface area (Å²) in [6, 6.07) is 13.3. The highest BCUT2D eigenvalue weighted by molar-refractivity contribution is 5.74. The van der Waals surface area contributed by atoms with Crippen LogP contribution in [0.5, 0.6) is 0 Å². The maximum atomic E-state index is 12.9. The molecule has 0 spiro atoms. The van der Waals surface area contributed by atoms with Crippen LogP contribution in [0.15, 0.2) is 47.1 Å². The topological polar surface area (TPSA) is 72.5 Å². The number of benzene rings is 1. The summed E-state index contributed by atoms with van der Waals surface area (Å²) in [6.07, 6.45) is 4.05. The van der Waals surface area contributed by atoms with Crippen LogP contribution in [0.25, 0.3) is 0 Å². The van der Waals surface area contributed by atoms with Gasteiger partial charge in [-0.15, -0.1) is 0 Å². The lowest BCUT2D eigenvalue weighted by atomic mass is 10.1. The molecule has 1 aliphatic rings. The van der Waals surface area contributed by atoms with Crippen molar-refractivity contribution in [3.05, 3.63) is 59.5 Å². The van der Waals surface area contributed by atoms with E-state index in [0.717, 1.165) is 24.4 Å². The fourth-order valence-electron chi connectivity index (χ4n) is 3.84. The molecule has 2 unspecified atom stereocenters. The average molecular weight is 380 g/mol. The zero-order valence-corrected chi connectivity index (χ0v) is 16.6. The third-order valence-electron chi connectivity index (χ3n) is 5.49. The van der Waals surface area contributed by atoms with Crippen molar-refractivity contribution in [1.82, 2.24) is 15.1 Å². The first kappa shape index (κ1) is 20.0. The fraction of sp³-hybridized carbons (Fsp3) is 0.455. The van der Waals surface area contributed by atoms with Crippen molar-refractivity contribution in [2.24, 2.45) is 0 Å². The Morgan fingerprint density at radius 2 is 2.00 bits per heavy atom. The lowest BCUT2D eigenvalue weighted by Gasteiger charge is -2.31. The number of amides is 2. The molecule has 0 bridgehead atoms. The van der Waals surface area contributed by atoms with Gasteiger partial charge in [-0.2, -0.15) is 5.26 Å². The van der Waals surface area contributed by atoms with Gasteiger partial charge in [-0.3, -0.25) is 4.90 Å². The Kier molecular flexibility index (Phi) is 6.72. The molecule has 0 saturated carbocycles. The molecule has 0 radical (unpaired) electrons. The second-order valence-corrected chi connectivity index (χ2v) is 7.16. The molecule has 3 rings (SSSR count). The molecule has 1 aliphatic heterocycles. The van der Waals surface area contributed by atoms with E-state index < -0.39 is 0 Å². The van der Waals surface area contributed by atoms with Crippen LogP contribution in [-0.4, -0.2) is 42.0 Å². The Hall–Kier alpha value is -2.78. The summed E-state index contributed by atoms with van der Waals surface area (Å²) in [7, 11) is 0. The predicted octanol–water partition coefficient (Wildman–Crippen LogP) is 4.08. The van der Waals surface area contributed by atoms with Gasteiger partial charge in [0.25, 0.3) is 0 Å². The van der Waals surface area contributed by atoms with E-state index in [1.165, 1.54) is 12.8 Å². The Morgan fingerprint density at radius 3 is 2.57 bits per heavy atom. The van der Waals surface area contributed by atoms with Crippen LogP contribution in [0.3, 0.4) is 0 Å². The fourth-order valence-corrected chi connectivity index (χ4v) is 3.84. The van der Waals surface area contributed by atoms with Gasteiger partial charge in [0.2, 0.25) is 0 Å². The number of nitrogens with zero attached hydrogens (tertiary/aromatic N) is 3. The van der Waals surface area contributed by atoms with Gasteiger partial charge in [-0.05, 0) is 69.6 Å². The number of urea groups is 1. The predicted molar refractivity (Wildman–Crippen MR) is 108 cm³/mol. The zero-order valence-electron chi connectivity index (χ0n) is 16.6. The molecule has 0 aliphatic carbocycles. The maximum Gasteiger partial charge on any atom is 0.317 e. The lowest BCUT2D eigenvalue weighted by Crippen LogP contribution is -2.44. The minimum Gasteiger partial charge on any atom is -0.468 e. The summed E-state index contributed by atoms with van der Waals surface area (Å²) < 4.78 is 5.63. The molecule has 2 heterocycles. The molecule has 2 atom stereocenters. The van der Waals surface area contributed by atoms with E-state index in [2.05, 4.69) is 16.3 Å². The first-order valence-corrected chi connectivity index (χ1v) is 9.96. The number of furan rings is 1. The van der Waals surface area contributed by atoms with Crippen molar-refractivity contribution in [2.45, 2.75) is 38.8 Å². The van der Waals surface area contributed by atoms with Gasteiger partial charge >= 0.3 is 6.03 Å². The van der Waals surface area contributed by atoms with Gasteiger partial charge in [0.05, 0.1) is 30.0 Å². The first-order chi connectivity index (χ1) is 13.6. The number of nitrogens with one attached hydrogen (secondary N) is 1. The lowest BCUT2D eigenvalue weighted by molar-refractivity contribution is 0.170. The van der Waals surface area contributed by atoms with E-state index in [1.54, 1.807) is 18.4 Å². The molecule has 6 nitrogen and oxygen atoms in total. The van der Waals surface area contributed by atoms with E-state index in [9.17, 15) is 4.79 Å². The molecular formula is C22H28N4O2. The Bertz CT molecular complexity index is 789. The summed E-state index contributed by atoms with van der Waals surface area (Å²) in [5.41, 5.74) is 1.63. The molecular weight excluding hydrogens is 352 g/mol. The van der Waals surface area contributed by atoms with Gasteiger partial charge in [0.1, 0.15) is 5.76 Å². The molecule has 2 aromatic rings. The Morgan fingerprint density at radius 1 is 1.29 bits per heavy atom. The molecule has 1 saturated heterocycles. The number of carbonyl (C=O) groups excluding carboxylic acids is 1. The minimum absolute atomic E-state index is 0.0605. The molecule has 1 aromatic carbocycles. The first-order valence-electron chi connectivity index (χ1n) is 9.96. The van der Waals surface area contributed by atoms with Crippen molar-refractivity contribution >= 4 is 6.03 Å². The Balaban J connectivity index is 1.65. The van der Waals surface area contributed by atoms with E-state index in [0.29, 0.717) is 18.7 Å². The molecule has 1 fully saturated rings. The molecule has 28 heavy (non-hydrogen) atoms. The smallest absolute Gasteiger partial charge is 0.317 e. The van der Waals surface area contributed by atoms with Crippen LogP contribution in [0, 0.1) is 11.3 Å². The number of hydrogen-bond donors (Lipinski definition) is 1. The molecule has 1 aromatic heterocycles. The van der Waals surface area contributed by atoms with E-state index in [-0.39, 0.29) is 18.1 Å². The number of carbonyl (C=O) groups is 1. The number of rotatable bonds is 7. The highest BCUT2D eigenvalue weighted by Crippen LogP contribution is 2.25. The van der Waals surface area contributed by atoms with Crippen molar-refractivity contribution in [2.75, 3.05) is 26.2 Å². The maximum absolute atomic E-state index is 12.9. The second-order valence-electron chi connectivity index (χ2n) is 7.16. The molecule has 6 heteroatoms. The third kappa shape index (κ3) is 4.55. The van der Waals surface area contributed by atoms with Crippen LogP contribution in [0.2, 0.25) is 0 Å². The number of nitriles is 1. The molecule has 148 valence electrons. The zero-order chi connectivity index (χ0) is 19.9. The average Bonchev–Trinajstić information content (AvgIpc) is 3.43. The number of hydrogen-bond acceptors (Lipinski definition) is 4. The van der Waals surface area contributed by atoms with Gasteiger partial charge in [0.15, 0.2) is 0 Å². The van der Waals surface area contributed by atoms with Crippen LogP contribution in [0.1, 0.15) is 55.7 Å². The second kappa shape index (κ2) is 9.43. The van der Waals surface area contributed by atoms with Gasteiger partial charge in [0, 0.05) is 13.1 Å². The summed E-state index contributed by atoms with van der Waals surface area (Å²) in [4.78, 5) is 17.1. The van der Waals surface area contributed by atoms with Gasteiger partial charge in [-0.25, -0.2) is 4.79 Å². The van der Waals surface area contributed by atoms with Crippen molar-refractivity contribution in [3.63, 3.8) is 0 Å². The van der Waals surface area contributed by atoms with E-state index in [4.69, 9.17) is 9.68 Å². The number of likely N-dealkylation sites (tertiary alicyclic amines) is 1. The normalized spacial score (nSPS) is 16.3. The van der Waals surface area contributed by atoms with Gasteiger partial charge < -0.3 is 14.6 Å².